The summed E-state index contributed by atoms with van der Waals surface area (Å²) in [5.41, 5.74) is -1.16. The van der Waals surface area contributed by atoms with Crippen molar-refractivity contribution in [3.8, 4) is 0 Å². The summed E-state index contributed by atoms with van der Waals surface area (Å²) in [7, 11) is 0. The van der Waals surface area contributed by atoms with Crippen molar-refractivity contribution in [2.24, 2.45) is 5.92 Å². The van der Waals surface area contributed by atoms with Gasteiger partial charge in [-0.2, -0.15) is 13.2 Å². The first-order valence-corrected chi connectivity index (χ1v) is 11.6. The van der Waals surface area contributed by atoms with Gasteiger partial charge in [0.2, 0.25) is 0 Å². The summed E-state index contributed by atoms with van der Waals surface area (Å²) >= 11 is 0. The second-order valence-electron chi connectivity index (χ2n) is 9.56. The molecule has 2 fully saturated rings. The Kier molecular flexibility index (Phi) is 7.72. The standard InChI is InChI=1S/C24H37F3N2O2/c1-4-28-9-5-18(6-10-28)22(16-30)19-13-20(15-21(14-19)24(25,26)27)23(31)7-11-29(12-8-23)17(2)3/h13-15,17-18,22,30-31H,4-12,16H2,1-3H3. The van der Waals surface area contributed by atoms with E-state index in [4.69, 9.17) is 0 Å². The van der Waals surface area contributed by atoms with Crippen LogP contribution in [0.5, 0.6) is 0 Å². The number of hydrogen-bond donors (Lipinski definition) is 2. The molecule has 31 heavy (non-hydrogen) atoms. The molecule has 2 heterocycles. The third-order valence-electron chi connectivity index (χ3n) is 7.45. The van der Waals surface area contributed by atoms with Gasteiger partial charge in [-0.15, -0.1) is 0 Å². The first-order valence-electron chi connectivity index (χ1n) is 11.6. The summed E-state index contributed by atoms with van der Waals surface area (Å²) in [6.07, 6.45) is -1.96. The lowest BCUT2D eigenvalue weighted by Crippen LogP contribution is -2.45. The van der Waals surface area contributed by atoms with E-state index in [2.05, 4.69) is 30.6 Å². The van der Waals surface area contributed by atoms with Crippen LogP contribution >= 0.6 is 0 Å². The summed E-state index contributed by atoms with van der Waals surface area (Å²) in [5, 5.41) is 21.5. The van der Waals surface area contributed by atoms with E-state index < -0.39 is 17.3 Å². The third kappa shape index (κ3) is 5.62. The largest absolute Gasteiger partial charge is 0.416 e. The minimum atomic E-state index is -4.49. The highest BCUT2D eigenvalue weighted by atomic mass is 19.4. The van der Waals surface area contributed by atoms with Gasteiger partial charge in [0.25, 0.3) is 0 Å². The molecule has 0 spiro atoms. The zero-order chi connectivity index (χ0) is 22.8. The lowest BCUT2D eigenvalue weighted by atomic mass is 9.77. The smallest absolute Gasteiger partial charge is 0.396 e. The average molecular weight is 443 g/mol. The molecule has 176 valence electrons. The monoisotopic (exact) mass is 442 g/mol. The zero-order valence-electron chi connectivity index (χ0n) is 19.0. The van der Waals surface area contributed by atoms with Crippen molar-refractivity contribution in [1.82, 2.24) is 9.80 Å². The molecule has 0 radical (unpaired) electrons. The highest BCUT2D eigenvalue weighted by Gasteiger charge is 2.39. The van der Waals surface area contributed by atoms with Crippen molar-refractivity contribution < 1.29 is 23.4 Å². The van der Waals surface area contributed by atoms with Crippen molar-refractivity contribution in [3.63, 3.8) is 0 Å². The van der Waals surface area contributed by atoms with E-state index in [9.17, 15) is 23.4 Å². The highest BCUT2D eigenvalue weighted by molar-refractivity contribution is 5.38. The van der Waals surface area contributed by atoms with E-state index >= 15 is 0 Å². The van der Waals surface area contributed by atoms with Gasteiger partial charge < -0.3 is 20.0 Å². The minimum Gasteiger partial charge on any atom is -0.396 e. The highest BCUT2D eigenvalue weighted by Crippen LogP contribution is 2.41. The third-order valence-corrected chi connectivity index (χ3v) is 7.45. The molecule has 7 heteroatoms. The number of rotatable bonds is 6. The van der Waals surface area contributed by atoms with Crippen molar-refractivity contribution >= 4 is 0 Å². The number of aliphatic hydroxyl groups excluding tert-OH is 1. The van der Waals surface area contributed by atoms with E-state index in [1.165, 1.54) is 6.07 Å². The quantitative estimate of drug-likeness (QED) is 0.693. The molecule has 0 aliphatic carbocycles. The van der Waals surface area contributed by atoms with Gasteiger partial charge in [-0.3, -0.25) is 0 Å². The number of alkyl halides is 3. The number of hydrogen-bond acceptors (Lipinski definition) is 4. The average Bonchev–Trinajstić information content (AvgIpc) is 2.74. The predicted molar refractivity (Wildman–Crippen MR) is 116 cm³/mol. The molecule has 4 nitrogen and oxygen atoms in total. The second kappa shape index (κ2) is 9.77. The Morgan fingerprint density at radius 2 is 1.68 bits per heavy atom. The Morgan fingerprint density at radius 3 is 2.16 bits per heavy atom. The van der Waals surface area contributed by atoms with Crippen molar-refractivity contribution in [2.45, 2.75) is 70.2 Å². The Labute approximate surface area is 184 Å². The Morgan fingerprint density at radius 1 is 1.06 bits per heavy atom. The molecule has 2 aliphatic heterocycles. The number of nitrogens with zero attached hydrogens (tertiary/aromatic N) is 2. The van der Waals surface area contributed by atoms with E-state index in [1.54, 1.807) is 6.07 Å². The van der Waals surface area contributed by atoms with E-state index in [1.807, 2.05) is 0 Å². The van der Waals surface area contributed by atoms with Crippen molar-refractivity contribution in [2.75, 3.05) is 39.3 Å². The maximum absolute atomic E-state index is 13.8. The van der Waals surface area contributed by atoms with Crippen molar-refractivity contribution in [1.29, 1.82) is 0 Å². The molecule has 2 N–H and O–H groups in total. The van der Waals surface area contributed by atoms with E-state index in [-0.39, 0.29) is 18.4 Å². The van der Waals surface area contributed by atoms with Crippen LogP contribution in [0.15, 0.2) is 18.2 Å². The number of likely N-dealkylation sites (tertiary alicyclic amines) is 2. The van der Waals surface area contributed by atoms with E-state index in [0.717, 1.165) is 38.5 Å². The first-order chi connectivity index (χ1) is 14.6. The van der Waals surface area contributed by atoms with Gasteiger partial charge in [0, 0.05) is 25.0 Å². The molecule has 0 amide bonds. The van der Waals surface area contributed by atoms with Crippen LogP contribution in [0.3, 0.4) is 0 Å². The molecule has 3 rings (SSSR count). The molecule has 0 bridgehead atoms. The molecule has 1 aromatic carbocycles. The molecule has 1 aromatic rings. The fourth-order valence-electron chi connectivity index (χ4n) is 5.20. The maximum Gasteiger partial charge on any atom is 0.416 e. The Balaban J connectivity index is 1.92. The molecule has 1 atom stereocenters. The summed E-state index contributed by atoms with van der Waals surface area (Å²) in [4.78, 5) is 4.56. The number of halogens is 3. The van der Waals surface area contributed by atoms with Crippen LogP contribution in [0.25, 0.3) is 0 Å². The molecule has 1 unspecified atom stereocenters. The fraction of sp³-hybridized carbons (Fsp3) is 0.750. The number of aliphatic hydroxyl groups is 2. The molecule has 2 saturated heterocycles. The molecule has 0 saturated carbocycles. The van der Waals surface area contributed by atoms with Gasteiger partial charge in [-0.1, -0.05) is 13.0 Å². The topological polar surface area (TPSA) is 46.9 Å². The molecular formula is C24H37F3N2O2. The van der Waals surface area contributed by atoms with Crippen LogP contribution in [0.4, 0.5) is 13.2 Å². The summed E-state index contributed by atoms with van der Waals surface area (Å²) in [6.45, 7) is 10.2. The second-order valence-corrected chi connectivity index (χ2v) is 9.56. The van der Waals surface area contributed by atoms with Gasteiger partial charge in [-0.25, -0.2) is 0 Å². The SMILES string of the molecule is CCN1CCC(C(CO)c2cc(C(F)(F)F)cc(C3(O)CCN(C(C)C)CC3)c2)CC1. The summed E-state index contributed by atoms with van der Waals surface area (Å²) < 4.78 is 41.3. The predicted octanol–water partition coefficient (Wildman–Crippen LogP) is 4.21. The normalized spacial score (nSPS) is 22.7. The zero-order valence-corrected chi connectivity index (χ0v) is 19.0. The number of piperidine rings is 2. The molecule has 0 aromatic heterocycles. The first kappa shape index (κ1) is 24.5. The lowest BCUT2D eigenvalue weighted by molar-refractivity contribution is -0.137. The van der Waals surface area contributed by atoms with Crippen LogP contribution in [-0.2, 0) is 11.8 Å². The van der Waals surface area contributed by atoms with Crippen LogP contribution in [-0.4, -0.2) is 65.4 Å². The van der Waals surface area contributed by atoms with Gasteiger partial charge in [0.15, 0.2) is 0 Å². The van der Waals surface area contributed by atoms with Crippen LogP contribution < -0.4 is 0 Å². The summed E-state index contributed by atoms with van der Waals surface area (Å²) in [6, 6.07) is 4.37. The maximum atomic E-state index is 13.8. The van der Waals surface area contributed by atoms with Crippen LogP contribution in [0.2, 0.25) is 0 Å². The molecular weight excluding hydrogens is 405 g/mol. The molecule has 2 aliphatic rings. The van der Waals surface area contributed by atoms with Gasteiger partial charge >= 0.3 is 6.18 Å². The van der Waals surface area contributed by atoms with E-state index in [0.29, 0.717) is 43.1 Å². The van der Waals surface area contributed by atoms with Crippen LogP contribution in [0.1, 0.15) is 69.1 Å². The Bertz CT molecular complexity index is 722. The fourth-order valence-corrected chi connectivity index (χ4v) is 5.20. The minimum absolute atomic E-state index is 0.140. The Hall–Kier alpha value is -1.15. The van der Waals surface area contributed by atoms with Gasteiger partial charge in [0.1, 0.15) is 0 Å². The number of benzene rings is 1. The lowest BCUT2D eigenvalue weighted by Gasteiger charge is -2.41. The van der Waals surface area contributed by atoms with Gasteiger partial charge in [-0.05, 0) is 88.3 Å². The van der Waals surface area contributed by atoms with Crippen LogP contribution in [0, 0.1) is 5.92 Å². The van der Waals surface area contributed by atoms with Crippen molar-refractivity contribution in [3.05, 3.63) is 34.9 Å². The summed E-state index contributed by atoms with van der Waals surface area (Å²) in [5.74, 6) is -0.207. The van der Waals surface area contributed by atoms with Gasteiger partial charge in [0.05, 0.1) is 17.8 Å².